The first-order valence-electron chi connectivity index (χ1n) is 5.30. The molecule has 1 aliphatic carbocycles. The summed E-state index contributed by atoms with van der Waals surface area (Å²) < 4.78 is 4.64. The highest BCUT2D eigenvalue weighted by Crippen LogP contribution is 2.50. The zero-order valence-electron chi connectivity index (χ0n) is 10.0. The average Bonchev–Trinajstić information content (AvgIpc) is 2.20. The maximum absolute atomic E-state index is 11.8. The fourth-order valence-corrected chi connectivity index (χ4v) is 2.40. The van der Waals surface area contributed by atoms with Crippen LogP contribution in [0.2, 0.25) is 0 Å². The second-order valence-corrected chi connectivity index (χ2v) is 4.92. The van der Waals surface area contributed by atoms with Crippen molar-refractivity contribution in [2.24, 2.45) is 10.8 Å². The Kier molecular flexibility index (Phi) is 3.13. The van der Waals surface area contributed by atoms with Gasteiger partial charge in [-0.05, 0) is 23.8 Å². The molecule has 0 aromatic carbocycles. The van der Waals surface area contributed by atoms with E-state index in [1.165, 1.54) is 7.11 Å². The minimum absolute atomic E-state index is 0.275. The Labute approximate surface area is 95.3 Å². The highest BCUT2D eigenvalue weighted by Gasteiger charge is 2.55. The minimum Gasteiger partial charge on any atom is -0.480 e. The monoisotopic (exact) mass is 226 g/mol. The van der Waals surface area contributed by atoms with E-state index in [1.807, 2.05) is 13.8 Å². The number of carbonyl (C=O) groups excluding carboxylic acids is 1. The van der Waals surface area contributed by atoms with Crippen LogP contribution in [0.4, 0.5) is 0 Å². The van der Waals surface area contributed by atoms with E-state index in [0.29, 0.717) is 12.0 Å². The zero-order chi connectivity index (χ0) is 12.6. The molecule has 1 saturated carbocycles. The van der Waals surface area contributed by atoms with Crippen molar-refractivity contribution in [3.05, 3.63) is 12.2 Å². The molecule has 1 N–H and O–H groups in total. The maximum atomic E-state index is 11.8. The molecular formula is C12H18O4. The van der Waals surface area contributed by atoms with E-state index in [4.69, 9.17) is 0 Å². The molecular weight excluding hydrogens is 208 g/mol. The van der Waals surface area contributed by atoms with Crippen molar-refractivity contribution >= 4 is 11.9 Å². The van der Waals surface area contributed by atoms with Gasteiger partial charge in [-0.15, -0.1) is 0 Å². The minimum atomic E-state index is -1.56. The molecule has 0 aromatic heterocycles. The molecule has 0 spiro atoms. The van der Waals surface area contributed by atoms with Crippen LogP contribution in [0.3, 0.4) is 0 Å². The number of hydrogen-bond donors (Lipinski definition) is 1. The lowest BCUT2D eigenvalue weighted by molar-refractivity contribution is -0.166. The number of esters is 1. The Morgan fingerprint density at radius 1 is 1.38 bits per heavy atom. The summed E-state index contributed by atoms with van der Waals surface area (Å²) in [6.07, 6.45) is 1.81. The number of carboxylic acids is 1. The van der Waals surface area contributed by atoms with E-state index in [-0.39, 0.29) is 11.8 Å². The van der Waals surface area contributed by atoms with Gasteiger partial charge in [0, 0.05) is 0 Å². The van der Waals surface area contributed by atoms with E-state index < -0.39 is 17.4 Å². The topological polar surface area (TPSA) is 63.6 Å². The van der Waals surface area contributed by atoms with Crippen molar-refractivity contribution in [3.63, 3.8) is 0 Å². The molecule has 16 heavy (non-hydrogen) atoms. The lowest BCUT2D eigenvalue weighted by Crippen LogP contribution is -2.48. The third-order valence-corrected chi connectivity index (χ3v) is 3.58. The normalized spacial score (nSPS) is 28.6. The van der Waals surface area contributed by atoms with Crippen LogP contribution in [-0.2, 0) is 14.3 Å². The third kappa shape index (κ3) is 1.62. The van der Waals surface area contributed by atoms with Crippen molar-refractivity contribution < 1.29 is 19.4 Å². The molecule has 0 amide bonds. The zero-order valence-corrected chi connectivity index (χ0v) is 10.0. The smallest absolute Gasteiger partial charge is 0.327 e. The van der Waals surface area contributed by atoms with Crippen LogP contribution in [0.5, 0.6) is 0 Å². The summed E-state index contributed by atoms with van der Waals surface area (Å²) in [7, 11) is 1.21. The Bertz CT molecular complexity index is 343. The van der Waals surface area contributed by atoms with Crippen molar-refractivity contribution in [2.75, 3.05) is 7.11 Å². The number of methoxy groups -OCH3 is 1. The van der Waals surface area contributed by atoms with Crippen LogP contribution in [-0.4, -0.2) is 24.2 Å². The Morgan fingerprint density at radius 3 is 2.38 bits per heavy atom. The standard InChI is InChI=1S/C12H18O4/c1-8-11(2,3)6-5-7-12(8,9(13)14)10(15)16-4/h1,5-7H2,2-4H3,(H,13,14)/t12-/m1/s1. The van der Waals surface area contributed by atoms with Gasteiger partial charge in [-0.1, -0.05) is 26.8 Å². The molecule has 4 nitrogen and oxygen atoms in total. The highest BCUT2D eigenvalue weighted by molar-refractivity contribution is 6.03. The van der Waals surface area contributed by atoms with E-state index in [9.17, 15) is 14.7 Å². The van der Waals surface area contributed by atoms with E-state index >= 15 is 0 Å². The summed E-state index contributed by atoms with van der Waals surface area (Å²) >= 11 is 0. The molecule has 0 unspecified atom stereocenters. The van der Waals surface area contributed by atoms with Gasteiger partial charge in [-0.3, -0.25) is 9.59 Å². The van der Waals surface area contributed by atoms with Gasteiger partial charge in [0.2, 0.25) is 0 Å². The van der Waals surface area contributed by atoms with Gasteiger partial charge in [-0.25, -0.2) is 0 Å². The summed E-state index contributed by atoms with van der Waals surface area (Å²) in [5.74, 6) is -1.87. The van der Waals surface area contributed by atoms with E-state index in [1.54, 1.807) is 0 Å². The largest absolute Gasteiger partial charge is 0.480 e. The number of rotatable bonds is 2. The molecule has 4 heteroatoms. The second kappa shape index (κ2) is 3.92. The predicted octanol–water partition coefficient (Wildman–Crippen LogP) is 2.00. The van der Waals surface area contributed by atoms with Gasteiger partial charge < -0.3 is 9.84 Å². The Hall–Kier alpha value is -1.32. The molecule has 0 aromatic rings. The van der Waals surface area contributed by atoms with Gasteiger partial charge in [0.15, 0.2) is 5.41 Å². The van der Waals surface area contributed by atoms with Crippen LogP contribution < -0.4 is 0 Å². The Morgan fingerprint density at radius 2 is 1.94 bits per heavy atom. The van der Waals surface area contributed by atoms with Crippen LogP contribution >= 0.6 is 0 Å². The summed E-state index contributed by atoms with van der Waals surface area (Å²) in [5.41, 5.74) is -1.45. The number of ether oxygens (including phenoxy) is 1. The second-order valence-electron chi connectivity index (χ2n) is 4.92. The first-order valence-corrected chi connectivity index (χ1v) is 5.30. The summed E-state index contributed by atoms with van der Waals surface area (Å²) in [5, 5.41) is 9.33. The maximum Gasteiger partial charge on any atom is 0.327 e. The van der Waals surface area contributed by atoms with Gasteiger partial charge in [-0.2, -0.15) is 0 Å². The summed E-state index contributed by atoms with van der Waals surface area (Å²) in [4.78, 5) is 23.2. The Balaban J connectivity index is 3.26. The molecule has 1 atom stereocenters. The molecule has 0 bridgehead atoms. The molecule has 1 fully saturated rings. The molecule has 90 valence electrons. The van der Waals surface area contributed by atoms with Gasteiger partial charge in [0.05, 0.1) is 7.11 Å². The van der Waals surface area contributed by atoms with Gasteiger partial charge >= 0.3 is 11.9 Å². The lowest BCUT2D eigenvalue weighted by atomic mass is 9.60. The van der Waals surface area contributed by atoms with Crippen molar-refractivity contribution in [1.82, 2.24) is 0 Å². The van der Waals surface area contributed by atoms with Crippen LogP contribution in [0.1, 0.15) is 33.1 Å². The summed E-state index contributed by atoms with van der Waals surface area (Å²) in [6, 6.07) is 0. The first-order chi connectivity index (χ1) is 7.29. The van der Waals surface area contributed by atoms with Crippen LogP contribution in [0.25, 0.3) is 0 Å². The molecule has 0 aliphatic heterocycles. The van der Waals surface area contributed by atoms with Crippen LogP contribution in [0.15, 0.2) is 12.2 Å². The molecule has 0 saturated heterocycles. The fraction of sp³-hybridized carbons (Fsp3) is 0.667. The molecule has 0 radical (unpaired) electrons. The van der Waals surface area contributed by atoms with Gasteiger partial charge in [0.25, 0.3) is 0 Å². The van der Waals surface area contributed by atoms with Gasteiger partial charge in [0.1, 0.15) is 0 Å². The highest BCUT2D eigenvalue weighted by atomic mass is 16.5. The van der Waals surface area contributed by atoms with E-state index in [0.717, 1.165) is 6.42 Å². The first kappa shape index (κ1) is 12.7. The SMILES string of the molecule is C=C1C(C)(C)CCC[C@@]1(C(=O)O)C(=O)OC. The van der Waals surface area contributed by atoms with Crippen LogP contribution in [0, 0.1) is 10.8 Å². The molecule has 1 rings (SSSR count). The van der Waals surface area contributed by atoms with E-state index in [2.05, 4.69) is 11.3 Å². The van der Waals surface area contributed by atoms with Crippen molar-refractivity contribution in [2.45, 2.75) is 33.1 Å². The average molecular weight is 226 g/mol. The fourth-order valence-electron chi connectivity index (χ4n) is 2.40. The number of hydrogen-bond acceptors (Lipinski definition) is 3. The lowest BCUT2D eigenvalue weighted by Gasteiger charge is -2.42. The van der Waals surface area contributed by atoms with Crippen molar-refractivity contribution in [3.8, 4) is 0 Å². The summed E-state index contributed by atoms with van der Waals surface area (Å²) in [6.45, 7) is 7.65. The quantitative estimate of drug-likeness (QED) is 0.444. The number of carbonyl (C=O) groups is 2. The number of aliphatic carboxylic acids is 1. The predicted molar refractivity (Wildman–Crippen MR) is 58.9 cm³/mol. The number of carboxylic acid groups (broad SMARTS) is 1. The molecule has 1 aliphatic rings. The van der Waals surface area contributed by atoms with Crippen molar-refractivity contribution in [1.29, 1.82) is 0 Å². The molecule has 0 heterocycles. The third-order valence-electron chi connectivity index (χ3n) is 3.58.